The van der Waals surface area contributed by atoms with Gasteiger partial charge in [0.1, 0.15) is 17.2 Å². The number of methoxy groups -OCH3 is 3. The second kappa shape index (κ2) is 22.1. The second-order valence-electron chi connectivity index (χ2n) is 24.9. The highest BCUT2D eigenvalue weighted by molar-refractivity contribution is 5.91. The van der Waals surface area contributed by atoms with Gasteiger partial charge in [0, 0.05) is 85.0 Å². The van der Waals surface area contributed by atoms with E-state index < -0.39 is 0 Å². The second-order valence-corrected chi connectivity index (χ2v) is 24.9. The molecule has 0 radical (unpaired) electrons. The number of rotatable bonds is 15. The van der Waals surface area contributed by atoms with Crippen LogP contribution in [0.1, 0.15) is 73.9 Å². The first kappa shape index (κ1) is 55.8. The van der Waals surface area contributed by atoms with Crippen molar-refractivity contribution in [3.05, 3.63) is 306 Å². The summed E-state index contributed by atoms with van der Waals surface area (Å²) in [6, 6.07) is 99.4. The summed E-state index contributed by atoms with van der Waals surface area (Å²) in [5.41, 5.74) is 27.9. The van der Waals surface area contributed by atoms with E-state index in [1.807, 2.05) is 36.4 Å². The van der Waals surface area contributed by atoms with Crippen LogP contribution >= 0.6 is 0 Å². The molecular weight excluding hydrogens is 1100 g/mol. The van der Waals surface area contributed by atoms with Gasteiger partial charge in [-0.05, 0) is 249 Å². The topological polar surface area (TPSA) is 40.7 Å². The van der Waals surface area contributed by atoms with Crippen LogP contribution < -0.4 is 33.8 Å². The van der Waals surface area contributed by atoms with Gasteiger partial charge in [-0.25, -0.2) is 0 Å². The van der Waals surface area contributed by atoms with Crippen LogP contribution in [0, 0.1) is 0 Å². The monoisotopic (exact) mass is 1170 g/mol. The molecule has 0 spiro atoms. The smallest absolute Gasteiger partial charge is 0.119 e. The van der Waals surface area contributed by atoms with Gasteiger partial charge >= 0.3 is 0 Å². The highest BCUT2D eigenvalue weighted by Crippen LogP contribution is 2.54. The van der Waals surface area contributed by atoms with Crippen molar-refractivity contribution in [3.63, 3.8) is 0 Å². The molecule has 0 heterocycles. The Kier molecular flexibility index (Phi) is 13.7. The van der Waals surface area contributed by atoms with Crippen molar-refractivity contribution in [3.8, 4) is 50.6 Å². The minimum atomic E-state index is -0.170. The van der Waals surface area contributed by atoms with Gasteiger partial charge in [-0.15, -0.1) is 0 Å². The van der Waals surface area contributed by atoms with Crippen LogP contribution in [0.5, 0.6) is 17.2 Å². The maximum Gasteiger partial charge on any atom is 0.119 e. The summed E-state index contributed by atoms with van der Waals surface area (Å²) in [4.78, 5) is 9.43. The minimum absolute atomic E-state index is 0.170. The van der Waals surface area contributed by atoms with E-state index in [4.69, 9.17) is 14.2 Å². The van der Waals surface area contributed by atoms with Crippen LogP contribution in [0.4, 0.5) is 68.2 Å². The normalized spacial score (nSPS) is 14.1. The van der Waals surface area contributed by atoms with Gasteiger partial charge in [-0.1, -0.05) is 126 Å². The minimum Gasteiger partial charge on any atom is -0.497 e. The van der Waals surface area contributed by atoms with Crippen molar-refractivity contribution in [1.82, 2.24) is 0 Å². The fourth-order valence-corrected chi connectivity index (χ4v) is 14.5. The highest BCUT2D eigenvalue weighted by atomic mass is 16.5. The standard InChI is InChI=1S/C83H70N4O3/c1-54-70-15-9-10-16-72(70)77-51-64(39-48-71(54)77)85(61-33-42-67(88-6)43-34-61)58-27-21-55(22-28-58)84(56-23-29-59(30-24-56)86(62-35-44-68(89-7)45-36-62)65-40-49-75-73-17-11-13-19-78(73)82(2,3)80(75)52-65)57-25-31-60(32-26-57)87(63-37-46-69(90-8)47-38-63)66-41-50-76-74-18-12-14-20-79(74)83(4,5)81(76)53-66/h9-54H,1-8H3. The number of fused-ring (bicyclic) bond motifs is 9. The fraction of sp³-hybridized carbons (Fsp3) is 0.133. The number of benzene rings is 12. The van der Waals surface area contributed by atoms with Gasteiger partial charge in [0.15, 0.2) is 0 Å². The number of ether oxygens (including phenoxy) is 3. The fourth-order valence-electron chi connectivity index (χ4n) is 14.5. The molecule has 90 heavy (non-hydrogen) atoms. The Bertz CT molecular complexity index is 4470. The van der Waals surface area contributed by atoms with E-state index in [2.05, 4.69) is 291 Å². The van der Waals surface area contributed by atoms with Crippen molar-refractivity contribution in [2.24, 2.45) is 0 Å². The summed E-state index contributed by atoms with van der Waals surface area (Å²) in [5.74, 6) is 2.74. The van der Waals surface area contributed by atoms with E-state index in [9.17, 15) is 0 Å². The summed E-state index contributed by atoms with van der Waals surface area (Å²) in [5, 5.41) is 0. The maximum atomic E-state index is 5.68. The van der Waals surface area contributed by atoms with Gasteiger partial charge in [0.2, 0.25) is 0 Å². The molecule has 3 aliphatic rings. The maximum absolute atomic E-state index is 5.68. The molecule has 0 aromatic heterocycles. The molecule has 7 heteroatoms. The molecule has 12 aromatic rings. The molecule has 0 bridgehead atoms. The first-order valence-corrected chi connectivity index (χ1v) is 31.0. The van der Waals surface area contributed by atoms with Crippen LogP contribution in [0.15, 0.2) is 273 Å². The van der Waals surface area contributed by atoms with E-state index in [-0.39, 0.29) is 10.8 Å². The molecule has 1 unspecified atom stereocenters. The third kappa shape index (κ3) is 9.34. The van der Waals surface area contributed by atoms with Gasteiger partial charge in [-0.2, -0.15) is 0 Å². The molecule has 0 aliphatic heterocycles. The third-order valence-electron chi connectivity index (χ3n) is 19.2. The van der Waals surface area contributed by atoms with Crippen LogP contribution in [0.25, 0.3) is 33.4 Å². The lowest BCUT2D eigenvalue weighted by Gasteiger charge is -2.31. The van der Waals surface area contributed by atoms with E-state index in [0.717, 1.165) is 85.5 Å². The molecule has 12 aromatic carbocycles. The lowest BCUT2D eigenvalue weighted by molar-refractivity contribution is 0.414. The summed E-state index contributed by atoms with van der Waals surface area (Å²) < 4.78 is 17.0. The lowest BCUT2D eigenvalue weighted by Crippen LogP contribution is -2.17. The van der Waals surface area contributed by atoms with Crippen LogP contribution in [-0.4, -0.2) is 21.3 Å². The molecule has 3 aliphatic carbocycles. The van der Waals surface area contributed by atoms with Crippen molar-refractivity contribution >= 4 is 68.2 Å². The predicted molar refractivity (Wildman–Crippen MR) is 373 cm³/mol. The van der Waals surface area contributed by atoms with Crippen LogP contribution in [0.2, 0.25) is 0 Å². The van der Waals surface area contributed by atoms with Crippen molar-refractivity contribution < 1.29 is 14.2 Å². The molecule has 7 nitrogen and oxygen atoms in total. The van der Waals surface area contributed by atoms with Crippen molar-refractivity contribution in [1.29, 1.82) is 0 Å². The first-order valence-electron chi connectivity index (χ1n) is 31.0. The molecule has 15 rings (SSSR count). The van der Waals surface area contributed by atoms with Gasteiger partial charge in [0.05, 0.1) is 21.3 Å². The molecule has 440 valence electrons. The Morgan fingerprint density at radius 3 is 0.856 bits per heavy atom. The Morgan fingerprint density at radius 1 is 0.244 bits per heavy atom. The zero-order valence-corrected chi connectivity index (χ0v) is 52.1. The quantitative estimate of drug-likeness (QED) is 0.101. The van der Waals surface area contributed by atoms with E-state index in [0.29, 0.717) is 5.92 Å². The average molecular weight is 1170 g/mol. The molecule has 1 atom stereocenters. The molecule has 0 fully saturated rings. The highest BCUT2D eigenvalue weighted by Gasteiger charge is 2.38. The summed E-state index contributed by atoms with van der Waals surface area (Å²) in [7, 11) is 5.15. The summed E-state index contributed by atoms with van der Waals surface area (Å²) >= 11 is 0. The third-order valence-corrected chi connectivity index (χ3v) is 19.2. The number of nitrogens with zero attached hydrogens (tertiary/aromatic N) is 4. The van der Waals surface area contributed by atoms with Crippen molar-refractivity contribution in [2.45, 2.75) is 51.4 Å². The van der Waals surface area contributed by atoms with Gasteiger partial charge in [0.25, 0.3) is 0 Å². The van der Waals surface area contributed by atoms with E-state index in [1.165, 1.54) is 66.8 Å². The zero-order chi connectivity index (χ0) is 61.4. The van der Waals surface area contributed by atoms with E-state index >= 15 is 0 Å². The summed E-state index contributed by atoms with van der Waals surface area (Å²) in [6.45, 7) is 11.7. The molecule has 0 saturated carbocycles. The van der Waals surface area contributed by atoms with E-state index in [1.54, 1.807) is 21.3 Å². The molecule has 0 amide bonds. The SMILES string of the molecule is COc1ccc(N(c2ccc(N(c3ccc(N(c4ccc(OC)cc4)c4ccc5c(c4)C(C)(C)c4ccccc4-5)cc3)c3ccc(N(c4ccc(OC)cc4)c4ccc5c(c4)C(C)(C)c4ccccc4-5)cc3)cc2)c2ccc3c(c2)-c2ccccc2C3C)cc1. The Labute approximate surface area is 528 Å². The van der Waals surface area contributed by atoms with Crippen LogP contribution in [-0.2, 0) is 10.8 Å². The first-order chi connectivity index (χ1) is 43.9. The van der Waals surface area contributed by atoms with Crippen molar-refractivity contribution in [2.75, 3.05) is 40.9 Å². The lowest BCUT2D eigenvalue weighted by atomic mass is 9.82. The zero-order valence-electron chi connectivity index (χ0n) is 52.1. The van der Waals surface area contributed by atoms with Gasteiger partial charge < -0.3 is 33.8 Å². The molecule has 0 saturated heterocycles. The molecule has 0 N–H and O–H groups in total. The number of hydrogen-bond donors (Lipinski definition) is 0. The van der Waals surface area contributed by atoms with Crippen LogP contribution in [0.3, 0.4) is 0 Å². The largest absolute Gasteiger partial charge is 0.497 e. The Morgan fingerprint density at radius 2 is 0.500 bits per heavy atom. The number of anilines is 12. The average Bonchev–Trinajstić information content (AvgIpc) is 1.68. The summed E-state index contributed by atoms with van der Waals surface area (Å²) in [6.07, 6.45) is 0. The molecular formula is C83H70N4O3. The predicted octanol–water partition coefficient (Wildman–Crippen LogP) is 22.3. The Hall–Kier alpha value is -10.8. The Balaban J connectivity index is 0.851. The van der Waals surface area contributed by atoms with Gasteiger partial charge in [-0.3, -0.25) is 0 Å². The number of hydrogen-bond acceptors (Lipinski definition) is 7.